The maximum atomic E-state index is 12.4. The first-order chi connectivity index (χ1) is 12.2. The average Bonchev–Trinajstić information content (AvgIpc) is 3.03. The first-order valence-electron chi connectivity index (χ1n) is 8.10. The predicted molar refractivity (Wildman–Crippen MR) is 98.7 cm³/mol. The van der Waals surface area contributed by atoms with Gasteiger partial charge in [0.05, 0.1) is 6.61 Å². The maximum absolute atomic E-state index is 12.4. The summed E-state index contributed by atoms with van der Waals surface area (Å²) in [5.74, 6) is -0.187. The molecule has 25 heavy (non-hydrogen) atoms. The summed E-state index contributed by atoms with van der Waals surface area (Å²) < 4.78 is 5.17. The Hall–Kier alpha value is -2.89. The minimum absolute atomic E-state index is 0.187. The molecule has 0 fully saturated rings. The van der Waals surface area contributed by atoms with E-state index in [1.54, 1.807) is 6.07 Å². The van der Waals surface area contributed by atoms with Crippen molar-refractivity contribution in [1.82, 2.24) is 0 Å². The second kappa shape index (κ2) is 6.55. The molecule has 4 nitrogen and oxygen atoms in total. The van der Waals surface area contributed by atoms with Gasteiger partial charge in [0, 0.05) is 11.3 Å². The van der Waals surface area contributed by atoms with E-state index < -0.39 is 7.12 Å². The van der Waals surface area contributed by atoms with E-state index in [1.807, 2.05) is 66.7 Å². The molecule has 2 N–H and O–H groups in total. The summed E-state index contributed by atoms with van der Waals surface area (Å²) in [5, 5.41) is 12.6. The molecule has 4 rings (SSSR count). The van der Waals surface area contributed by atoms with Crippen LogP contribution in [0, 0.1) is 0 Å². The van der Waals surface area contributed by atoms with Crippen molar-refractivity contribution < 1.29 is 14.5 Å². The minimum Gasteiger partial charge on any atom is -0.423 e. The Labute approximate surface area is 146 Å². The Bertz CT molecular complexity index is 910. The summed E-state index contributed by atoms with van der Waals surface area (Å²) in [6.07, 6.45) is 0. The van der Waals surface area contributed by atoms with Crippen molar-refractivity contribution in [2.75, 3.05) is 5.32 Å². The number of hydrogen-bond acceptors (Lipinski definition) is 3. The van der Waals surface area contributed by atoms with Crippen molar-refractivity contribution in [3.05, 3.63) is 83.9 Å². The lowest BCUT2D eigenvalue weighted by molar-refractivity contribution is 0.102. The van der Waals surface area contributed by atoms with Crippen molar-refractivity contribution >= 4 is 24.2 Å². The highest BCUT2D eigenvalue weighted by Crippen LogP contribution is 2.20. The van der Waals surface area contributed by atoms with E-state index in [1.165, 1.54) is 0 Å². The molecule has 0 radical (unpaired) electrons. The van der Waals surface area contributed by atoms with Crippen molar-refractivity contribution in [1.29, 1.82) is 0 Å². The summed E-state index contributed by atoms with van der Waals surface area (Å²) in [7, 11) is -0.919. The molecule has 122 valence electrons. The van der Waals surface area contributed by atoms with Crippen LogP contribution in [0.5, 0.6) is 0 Å². The summed E-state index contributed by atoms with van der Waals surface area (Å²) >= 11 is 0. The van der Waals surface area contributed by atoms with E-state index in [0.717, 1.165) is 16.7 Å². The highest BCUT2D eigenvalue weighted by molar-refractivity contribution is 6.61. The van der Waals surface area contributed by atoms with E-state index in [-0.39, 0.29) is 5.91 Å². The molecule has 5 heteroatoms. The molecule has 3 aromatic carbocycles. The van der Waals surface area contributed by atoms with Gasteiger partial charge in [-0.05, 0) is 46.4 Å². The van der Waals surface area contributed by atoms with Crippen LogP contribution in [0.15, 0.2) is 72.8 Å². The van der Waals surface area contributed by atoms with Crippen molar-refractivity contribution in [3.8, 4) is 11.1 Å². The van der Waals surface area contributed by atoms with Crippen LogP contribution >= 0.6 is 0 Å². The molecule has 0 bridgehead atoms. The van der Waals surface area contributed by atoms with Gasteiger partial charge in [-0.1, -0.05) is 48.5 Å². The number of amides is 1. The SMILES string of the molecule is O=C(Nc1ccc2c(c1)B(O)OC2)c1ccc(-c2ccccc2)cc1. The van der Waals surface area contributed by atoms with Crippen LogP contribution in [0.3, 0.4) is 0 Å². The van der Waals surface area contributed by atoms with Gasteiger partial charge in [0.2, 0.25) is 0 Å². The highest BCUT2D eigenvalue weighted by Gasteiger charge is 2.27. The van der Waals surface area contributed by atoms with Crippen LogP contribution in [-0.4, -0.2) is 18.0 Å². The molecular weight excluding hydrogens is 313 g/mol. The lowest BCUT2D eigenvalue weighted by Crippen LogP contribution is -2.28. The maximum Gasteiger partial charge on any atom is 0.491 e. The van der Waals surface area contributed by atoms with Crippen LogP contribution in [0.25, 0.3) is 11.1 Å². The second-order valence-electron chi connectivity index (χ2n) is 5.97. The molecule has 1 aliphatic rings. The Morgan fingerprint density at radius 2 is 1.68 bits per heavy atom. The molecule has 1 heterocycles. The number of carbonyl (C=O) groups excluding carboxylic acids is 1. The van der Waals surface area contributed by atoms with Gasteiger partial charge in [0.25, 0.3) is 5.91 Å². The molecule has 0 unspecified atom stereocenters. The fourth-order valence-electron chi connectivity index (χ4n) is 2.94. The van der Waals surface area contributed by atoms with Crippen LogP contribution in [0.1, 0.15) is 15.9 Å². The smallest absolute Gasteiger partial charge is 0.423 e. The molecule has 0 saturated carbocycles. The average molecular weight is 329 g/mol. The molecule has 1 amide bonds. The van der Waals surface area contributed by atoms with E-state index in [0.29, 0.717) is 23.3 Å². The van der Waals surface area contributed by atoms with Gasteiger partial charge in [-0.3, -0.25) is 4.79 Å². The fourth-order valence-corrected chi connectivity index (χ4v) is 2.94. The summed E-state index contributed by atoms with van der Waals surface area (Å²) in [4.78, 5) is 12.4. The Kier molecular flexibility index (Phi) is 4.10. The molecule has 0 atom stereocenters. The number of rotatable bonds is 3. The van der Waals surface area contributed by atoms with Crippen molar-refractivity contribution in [2.45, 2.75) is 6.61 Å². The quantitative estimate of drug-likeness (QED) is 0.727. The van der Waals surface area contributed by atoms with Crippen LogP contribution in [-0.2, 0) is 11.3 Å². The summed E-state index contributed by atoms with van der Waals surface area (Å²) in [5.41, 5.74) is 5.05. The van der Waals surface area contributed by atoms with E-state index >= 15 is 0 Å². The zero-order valence-electron chi connectivity index (χ0n) is 13.5. The standard InChI is InChI=1S/C20H16BNO3/c23-20(22-18-11-10-17-13-25-21(24)19(17)12-18)16-8-6-15(7-9-16)14-4-2-1-3-5-14/h1-12,24H,13H2,(H,22,23). The molecule has 0 saturated heterocycles. The second-order valence-corrected chi connectivity index (χ2v) is 5.97. The van der Waals surface area contributed by atoms with Gasteiger partial charge >= 0.3 is 7.12 Å². The number of anilines is 1. The zero-order valence-corrected chi connectivity index (χ0v) is 13.5. The third-order valence-corrected chi connectivity index (χ3v) is 4.32. The molecule has 0 aliphatic carbocycles. The molecule has 3 aromatic rings. The third kappa shape index (κ3) is 3.20. The molecule has 0 spiro atoms. The van der Waals surface area contributed by atoms with Crippen molar-refractivity contribution in [2.24, 2.45) is 0 Å². The summed E-state index contributed by atoms with van der Waals surface area (Å²) in [6, 6.07) is 22.9. The highest BCUT2D eigenvalue weighted by atomic mass is 16.5. The molecule has 0 aromatic heterocycles. The van der Waals surface area contributed by atoms with Gasteiger partial charge in [-0.15, -0.1) is 0 Å². The normalized spacial score (nSPS) is 12.8. The Morgan fingerprint density at radius 3 is 2.44 bits per heavy atom. The lowest BCUT2D eigenvalue weighted by Gasteiger charge is -2.08. The van der Waals surface area contributed by atoms with Gasteiger partial charge < -0.3 is 15.0 Å². The first kappa shape index (κ1) is 15.6. The van der Waals surface area contributed by atoms with Crippen LogP contribution in [0.2, 0.25) is 0 Å². The number of carbonyl (C=O) groups is 1. The molecule has 1 aliphatic heterocycles. The first-order valence-corrected chi connectivity index (χ1v) is 8.10. The predicted octanol–water partition coefficient (Wildman–Crippen LogP) is 2.82. The fraction of sp³-hybridized carbons (Fsp3) is 0.0500. The topological polar surface area (TPSA) is 58.6 Å². The van der Waals surface area contributed by atoms with Gasteiger partial charge in [0.15, 0.2) is 0 Å². The number of fused-ring (bicyclic) bond motifs is 1. The lowest BCUT2D eigenvalue weighted by atomic mass is 9.79. The van der Waals surface area contributed by atoms with Gasteiger partial charge in [0.1, 0.15) is 0 Å². The Balaban J connectivity index is 1.51. The van der Waals surface area contributed by atoms with Gasteiger partial charge in [-0.25, -0.2) is 0 Å². The van der Waals surface area contributed by atoms with Crippen molar-refractivity contribution in [3.63, 3.8) is 0 Å². The van der Waals surface area contributed by atoms with Gasteiger partial charge in [-0.2, -0.15) is 0 Å². The summed E-state index contributed by atoms with van der Waals surface area (Å²) in [6.45, 7) is 0.395. The number of hydrogen-bond donors (Lipinski definition) is 2. The zero-order chi connectivity index (χ0) is 17.2. The largest absolute Gasteiger partial charge is 0.491 e. The monoisotopic (exact) mass is 329 g/mol. The van der Waals surface area contributed by atoms with E-state index in [9.17, 15) is 9.82 Å². The number of nitrogens with one attached hydrogen (secondary N) is 1. The Morgan fingerprint density at radius 1 is 0.960 bits per heavy atom. The van der Waals surface area contributed by atoms with Crippen LogP contribution in [0.4, 0.5) is 5.69 Å². The third-order valence-electron chi connectivity index (χ3n) is 4.32. The minimum atomic E-state index is -0.919. The number of benzene rings is 3. The molecular formula is C20H16BNO3. The van der Waals surface area contributed by atoms with E-state index in [2.05, 4.69) is 5.32 Å². The van der Waals surface area contributed by atoms with Crippen LogP contribution < -0.4 is 10.8 Å². The van der Waals surface area contributed by atoms with E-state index in [4.69, 9.17) is 4.65 Å².